The van der Waals surface area contributed by atoms with Crippen LogP contribution in [0.1, 0.15) is 199 Å². The summed E-state index contributed by atoms with van der Waals surface area (Å²) in [5.41, 5.74) is 0. The fourth-order valence-corrected chi connectivity index (χ4v) is 6.68. The van der Waals surface area contributed by atoms with Gasteiger partial charge in [0, 0.05) is 13.2 Å². The van der Waals surface area contributed by atoms with Crippen molar-refractivity contribution in [3.63, 3.8) is 0 Å². The Bertz CT molecular complexity index is 385. The summed E-state index contributed by atoms with van der Waals surface area (Å²) < 4.78 is 0. The zero-order chi connectivity index (χ0) is 26.5. The van der Waals surface area contributed by atoms with Crippen molar-refractivity contribution in [2.24, 2.45) is 11.8 Å². The number of rotatable bonds is 30. The molecule has 1 aliphatic rings. The van der Waals surface area contributed by atoms with Gasteiger partial charge >= 0.3 is 0 Å². The summed E-state index contributed by atoms with van der Waals surface area (Å²) in [4.78, 5) is 0. The molecule has 1 rings (SSSR count). The molecule has 2 nitrogen and oxygen atoms in total. The van der Waals surface area contributed by atoms with E-state index in [-0.39, 0.29) is 0 Å². The van der Waals surface area contributed by atoms with E-state index in [9.17, 15) is 0 Å². The highest BCUT2D eigenvalue weighted by molar-refractivity contribution is 4.75. The van der Waals surface area contributed by atoms with Crippen LogP contribution in [0.2, 0.25) is 0 Å². The molecular weight excluding hydrogens is 452 g/mol. The molecule has 0 aromatic rings. The molecule has 0 amide bonds. The van der Waals surface area contributed by atoms with E-state index in [1.165, 1.54) is 180 Å². The molecule has 0 aromatic heterocycles. The van der Waals surface area contributed by atoms with Crippen LogP contribution in [0.25, 0.3) is 0 Å². The number of unbranched alkanes of at least 4 members (excludes halogenated alkanes) is 24. The van der Waals surface area contributed by atoms with Crippen LogP contribution in [-0.4, -0.2) is 23.4 Å². The van der Waals surface area contributed by atoms with Crippen molar-refractivity contribution >= 4 is 0 Å². The van der Waals surface area contributed by atoms with E-state index in [4.69, 9.17) is 10.2 Å². The summed E-state index contributed by atoms with van der Waals surface area (Å²) in [6.07, 6.45) is 43.7. The van der Waals surface area contributed by atoms with E-state index in [0.29, 0.717) is 13.2 Å². The van der Waals surface area contributed by atoms with E-state index < -0.39 is 0 Å². The molecule has 0 bridgehead atoms. The molecule has 1 saturated carbocycles. The van der Waals surface area contributed by atoms with Crippen LogP contribution in [0.5, 0.6) is 0 Å². The van der Waals surface area contributed by atoms with E-state index in [1.807, 2.05) is 0 Å². The van der Waals surface area contributed by atoms with Crippen LogP contribution in [0, 0.1) is 11.8 Å². The summed E-state index contributed by atoms with van der Waals surface area (Å²) in [5, 5.41) is 17.6. The largest absolute Gasteiger partial charge is 0.396 e. The Morgan fingerprint density at radius 2 is 0.514 bits per heavy atom. The van der Waals surface area contributed by atoms with Crippen molar-refractivity contribution in [1.82, 2.24) is 0 Å². The van der Waals surface area contributed by atoms with Crippen molar-refractivity contribution in [3.05, 3.63) is 0 Å². The second kappa shape index (κ2) is 28.9. The predicted molar refractivity (Wildman–Crippen MR) is 164 cm³/mol. The minimum absolute atomic E-state index is 0.372. The van der Waals surface area contributed by atoms with Crippen LogP contribution >= 0.6 is 0 Å². The Balaban J connectivity index is 1.74. The molecule has 222 valence electrons. The molecule has 37 heavy (non-hydrogen) atoms. The molecule has 0 aliphatic heterocycles. The Morgan fingerprint density at radius 3 is 0.757 bits per heavy atom. The van der Waals surface area contributed by atoms with Gasteiger partial charge in [0.1, 0.15) is 0 Å². The van der Waals surface area contributed by atoms with Crippen molar-refractivity contribution in [2.45, 2.75) is 199 Å². The summed E-state index contributed by atoms with van der Waals surface area (Å²) in [7, 11) is 0. The maximum atomic E-state index is 8.80. The number of hydrogen-bond donors (Lipinski definition) is 2. The number of aliphatic hydroxyl groups excluding tert-OH is 2. The molecule has 0 spiro atoms. The van der Waals surface area contributed by atoms with E-state index in [0.717, 1.165) is 24.7 Å². The second-order valence-electron chi connectivity index (χ2n) is 12.8. The molecule has 2 atom stereocenters. The van der Waals surface area contributed by atoms with Gasteiger partial charge in [-0.25, -0.2) is 0 Å². The van der Waals surface area contributed by atoms with Gasteiger partial charge in [-0.1, -0.05) is 180 Å². The Hall–Kier alpha value is -0.0800. The van der Waals surface area contributed by atoms with Gasteiger partial charge in [-0.3, -0.25) is 0 Å². The molecule has 2 heteroatoms. The predicted octanol–water partition coefficient (Wildman–Crippen LogP) is 11.3. The molecule has 1 unspecified atom stereocenters. The average molecular weight is 523 g/mol. The van der Waals surface area contributed by atoms with Gasteiger partial charge in [0.2, 0.25) is 0 Å². The first-order chi connectivity index (χ1) is 18.4. The van der Waals surface area contributed by atoms with Gasteiger partial charge in [-0.05, 0) is 31.1 Å². The first-order valence-corrected chi connectivity index (χ1v) is 17.6. The van der Waals surface area contributed by atoms with E-state index in [1.54, 1.807) is 6.42 Å². The van der Waals surface area contributed by atoms with Crippen molar-refractivity contribution in [1.29, 1.82) is 0 Å². The SMILES string of the molecule is OCCCCCCCCCCCCCCCC1CC[C@H](CCCCCCCCCCCCCCCO)C1. The average Bonchev–Trinajstić information content (AvgIpc) is 3.36. The number of hydrogen-bond acceptors (Lipinski definition) is 2. The smallest absolute Gasteiger partial charge is 0.0431 e. The Morgan fingerprint density at radius 1 is 0.297 bits per heavy atom. The van der Waals surface area contributed by atoms with Gasteiger partial charge < -0.3 is 10.2 Å². The first kappa shape index (κ1) is 34.9. The van der Waals surface area contributed by atoms with Crippen molar-refractivity contribution in [3.8, 4) is 0 Å². The molecule has 0 radical (unpaired) electrons. The lowest BCUT2D eigenvalue weighted by molar-refractivity contribution is 0.282. The third kappa shape index (κ3) is 24.7. The Labute approximate surface area is 234 Å². The normalized spacial score (nSPS) is 17.7. The zero-order valence-corrected chi connectivity index (χ0v) is 25.4. The molecule has 1 fully saturated rings. The minimum Gasteiger partial charge on any atom is -0.396 e. The first-order valence-electron chi connectivity index (χ1n) is 17.6. The zero-order valence-electron chi connectivity index (χ0n) is 25.4. The lowest BCUT2D eigenvalue weighted by Gasteiger charge is -2.11. The van der Waals surface area contributed by atoms with E-state index in [2.05, 4.69) is 0 Å². The monoisotopic (exact) mass is 523 g/mol. The van der Waals surface area contributed by atoms with Crippen LogP contribution in [0.4, 0.5) is 0 Å². The van der Waals surface area contributed by atoms with Gasteiger partial charge in [0.25, 0.3) is 0 Å². The molecule has 0 saturated heterocycles. The second-order valence-corrected chi connectivity index (χ2v) is 12.8. The summed E-state index contributed by atoms with van der Waals surface area (Å²) >= 11 is 0. The molecular formula is C35H70O2. The fourth-order valence-electron chi connectivity index (χ4n) is 6.68. The summed E-state index contributed by atoms with van der Waals surface area (Å²) in [6, 6.07) is 0. The molecule has 0 heterocycles. The third-order valence-electron chi connectivity index (χ3n) is 9.19. The number of aliphatic hydroxyl groups is 2. The van der Waals surface area contributed by atoms with E-state index >= 15 is 0 Å². The van der Waals surface area contributed by atoms with Gasteiger partial charge in [-0.15, -0.1) is 0 Å². The maximum absolute atomic E-state index is 8.80. The quantitative estimate of drug-likeness (QED) is 0.0921. The highest BCUT2D eigenvalue weighted by Gasteiger charge is 2.23. The standard InChI is InChI=1S/C35H70O2/c36-31-25-21-17-13-9-5-1-3-7-11-15-19-23-27-34-29-30-35(33-34)28-24-20-16-12-8-4-2-6-10-14-18-22-26-32-37/h34-37H,1-33H2/t34-,35?/m0/s1. The highest BCUT2D eigenvalue weighted by Crippen LogP contribution is 2.37. The van der Waals surface area contributed by atoms with Gasteiger partial charge in [-0.2, -0.15) is 0 Å². The lowest BCUT2D eigenvalue weighted by Crippen LogP contribution is -1.97. The van der Waals surface area contributed by atoms with Crippen LogP contribution in [0.15, 0.2) is 0 Å². The van der Waals surface area contributed by atoms with Crippen LogP contribution in [0.3, 0.4) is 0 Å². The Kier molecular flexibility index (Phi) is 27.3. The molecule has 1 aliphatic carbocycles. The summed E-state index contributed by atoms with van der Waals surface area (Å²) in [6.45, 7) is 0.745. The molecule has 0 aromatic carbocycles. The minimum atomic E-state index is 0.372. The topological polar surface area (TPSA) is 40.5 Å². The fraction of sp³-hybridized carbons (Fsp3) is 1.00. The third-order valence-corrected chi connectivity index (χ3v) is 9.19. The summed E-state index contributed by atoms with van der Waals surface area (Å²) in [5.74, 6) is 2.13. The van der Waals surface area contributed by atoms with Gasteiger partial charge in [0.05, 0.1) is 0 Å². The van der Waals surface area contributed by atoms with Crippen molar-refractivity contribution in [2.75, 3.05) is 13.2 Å². The lowest BCUT2D eigenvalue weighted by atomic mass is 9.95. The molecule has 2 N–H and O–H groups in total. The van der Waals surface area contributed by atoms with Crippen molar-refractivity contribution < 1.29 is 10.2 Å². The maximum Gasteiger partial charge on any atom is 0.0431 e. The van der Waals surface area contributed by atoms with Gasteiger partial charge in [0.15, 0.2) is 0 Å². The highest BCUT2D eigenvalue weighted by atomic mass is 16.3. The van der Waals surface area contributed by atoms with Crippen LogP contribution in [-0.2, 0) is 0 Å². The van der Waals surface area contributed by atoms with Crippen LogP contribution < -0.4 is 0 Å².